The molecule has 0 atom stereocenters. The first-order valence-corrected chi connectivity index (χ1v) is 9.84. The van der Waals surface area contributed by atoms with E-state index < -0.39 is 0 Å². The fraction of sp³-hybridized carbons (Fsp3) is 0.136. The van der Waals surface area contributed by atoms with Crippen molar-refractivity contribution in [2.24, 2.45) is 0 Å². The summed E-state index contributed by atoms with van der Waals surface area (Å²) in [6.45, 7) is 6.17. The van der Waals surface area contributed by atoms with E-state index in [9.17, 15) is 0 Å². The van der Waals surface area contributed by atoms with Gasteiger partial charge in [-0.05, 0) is 91.4 Å². The van der Waals surface area contributed by atoms with Gasteiger partial charge in [0.1, 0.15) is 5.82 Å². The second kappa shape index (κ2) is 8.92. The Morgan fingerprint density at radius 1 is 1.07 bits per heavy atom. The van der Waals surface area contributed by atoms with Crippen LogP contribution in [0, 0.1) is 32.1 Å². The first-order valence-electron chi connectivity index (χ1n) is 8.68. The molecular formula is C22H19ClN4S. The second-order valence-electron chi connectivity index (χ2n) is 6.35. The number of anilines is 2. The van der Waals surface area contributed by atoms with Gasteiger partial charge in [0.25, 0.3) is 0 Å². The average Bonchev–Trinajstić information content (AvgIpc) is 2.66. The molecule has 0 aliphatic rings. The number of allylic oxidation sites excluding steroid dienone is 1. The molecule has 3 rings (SSSR count). The fourth-order valence-electron chi connectivity index (χ4n) is 2.89. The van der Waals surface area contributed by atoms with Gasteiger partial charge in [0.2, 0.25) is 5.28 Å². The van der Waals surface area contributed by atoms with Crippen molar-refractivity contribution in [1.82, 2.24) is 9.97 Å². The Kier molecular flexibility index (Phi) is 6.35. The van der Waals surface area contributed by atoms with Gasteiger partial charge in [0, 0.05) is 23.2 Å². The molecule has 2 aromatic carbocycles. The van der Waals surface area contributed by atoms with Gasteiger partial charge in [-0.15, -0.1) is 0 Å². The zero-order chi connectivity index (χ0) is 20.1. The number of halogens is 1. The van der Waals surface area contributed by atoms with E-state index in [0.717, 1.165) is 27.3 Å². The molecule has 0 fully saturated rings. The molecule has 0 aliphatic carbocycles. The van der Waals surface area contributed by atoms with Crippen molar-refractivity contribution in [3.63, 3.8) is 0 Å². The number of nitriles is 1. The molecule has 0 bridgehead atoms. The first kappa shape index (κ1) is 19.9. The predicted molar refractivity (Wildman–Crippen MR) is 117 cm³/mol. The average molecular weight is 407 g/mol. The van der Waals surface area contributed by atoms with E-state index in [1.807, 2.05) is 18.2 Å². The summed E-state index contributed by atoms with van der Waals surface area (Å²) in [6, 6.07) is 16.3. The highest BCUT2D eigenvalue weighted by molar-refractivity contribution is 8.01. The van der Waals surface area contributed by atoms with Gasteiger partial charge in [-0.2, -0.15) is 10.2 Å². The lowest BCUT2D eigenvalue weighted by Crippen LogP contribution is -2.12. The van der Waals surface area contributed by atoms with Crippen molar-refractivity contribution in [2.45, 2.75) is 25.7 Å². The number of aromatic nitrogens is 2. The summed E-state index contributed by atoms with van der Waals surface area (Å²) in [5.41, 5.74) is 5.39. The van der Waals surface area contributed by atoms with Crippen LogP contribution in [0.3, 0.4) is 0 Å². The van der Waals surface area contributed by atoms with E-state index in [1.165, 1.54) is 11.6 Å². The standard InChI is InChI=1S/C22H19ClN4S/c1-15-6-8-19(9-7-15)28-27(20-10-12-25-22(23)26-20)21-16(2)13-18(5-4-11-24)14-17(21)3/h4-10,12-14H,1-3H3/b5-4+. The Balaban J connectivity index is 2.10. The second-order valence-corrected chi connectivity index (χ2v) is 7.71. The molecule has 1 heterocycles. The van der Waals surface area contributed by atoms with E-state index in [2.05, 4.69) is 71.4 Å². The monoisotopic (exact) mass is 406 g/mol. The minimum atomic E-state index is 0.205. The SMILES string of the molecule is Cc1ccc(SN(c2ccnc(Cl)n2)c2c(C)cc(/C=C/C#N)cc2C)cc1. The van der Waals surface area contributed by atoms with Crippen molar-refractivity contribution < 1.29 is 0 Å². The van der Waals surface area contributed by atoms with Gasteiger partial charge >= 0.3 is 0 Å². The summed E-state index contributed by atoms with van der Waals surface area (Å²) in [7, 11) is 0. The van der Waals surface area contributed by atoms with E-state index in [0.29, 0.717) is 5.82 Å². The molecule has 6 heteroatoms. The van der Waals surface area contributed by atoms with Crippen LogP contribution in [0.2, 0.25) is 5.28 Å². The molecule has 28 heavy (non-hydrogen) atoms. The van der Waals surface area contributed by atoms with Gasteiger partial charge in [0.05, 0.1) is 11.8 Å². The summed E-state index contributed by atoms with van der Waals surface area (Å²) >= 11 is 7.64. The smallest absolute Gasteiger partial charge is 0.224 e. The summed E-state index contributed by atoms with van der Waals surface area (Å²) in [6.07, 6.45) is 4.95. The van der Waals surface area contributed by atoms with E-state index in [-0.39, 0.29) is 5.28 Å². The molecule has 0 saturated carbocycles. The highest BCUT2D eigenvalue weighted by Gasteiger charge is 2.18. The van der Waals surface area contributed by atoms with Gasteiger partial charge in [-0.3, -0.25) is 4.31 Å². The van der Waals surface area contributed by atoms with Gasteiger partial charge < -0.3 is 0 Å². The van der Waals surface area contributed by atoms with Crippen LogP contribution < -0.4 is 4.31 Å². The summed E-state index contributed by atoms with van der Waals surface area (Å²) < 4.78 is 2.07. The largest absolute Gasteiger partial charge is 0.263 e. The van der Waals surface area contributed by atoms with Crippen molar-refractivity contribution >= 4 is 41.1 Å². The third kappa shape index (κ3) is 4.72. The third-order valence-electron chi connectivity index (χ3n) is 4.10. The van der Waals surface area contributed by atoms with E-state index >= 15 is 0 Å². The lowest BCUT2D eigenvalue weighted by atomic mass is 10.0. The Morgan fingerprint density at radius 3 is 2.36 bits per heavy atom. The molecule has 140 valence electrons. The van der Waals surface area contributed by atoms with Crippen LogP contribution in [0.15, 0.2) is 59.6 Å². The lowest BCUT2D eigenvalue weighted by Gasteiger charge is -2.26. The van der Waals surface area contributed by atoms with Gasteiger partial charge in [-0.25, -0.2) is 4.98 Å². The van der Waals surface area contributed by atoms with Crippen LogP contribution in [0.4, 0.5) is 11.5 Å². The normalized spacial score (nSPS) is 10.8. The highest BCUT2D eigenvalue weighted by atomic mass is 35.5. The van der Waals surface area contributed by atoms with Gasteiger partial charge in [0.15, 0.2) is 0 Å². The topological polar surface area (TPSA) is 52.8 Å². The van der Waals surface area contributed by atoms with Crippen LogP contribution in [0.25, 0.3) is 6.08 Å². The third-order valence-corrected chi connectivity index (χ3v) is 5.32. The molecular weight excluding hydrogens is 388 g/mol. The molecule has 0 amide bonds. The molecule has 0 aliphatic heterocycles. The summed E-state index contributed by atoms with van der Waals surface area (Å²) in [5, 5.41) is 9.00. The Labute approximate surface area is 174 Å². The number of benzene rings is 2. The lowest BCUT2D eigenvalue weighted by molar-refractivity contribution is 1.13. The maximum atomic E-state index is 8.79. The van der Waals surface area contributed by atoms with Crippen LogP contribution in [-0.2, 0) is 0 Å². The van der Waals surface area contributed by atoms with E-state index in [4.69, 9.17) is 16.9 Å². The molecule has 0 radical (unpaired) electrons. The predicted octanol–water partition coefficient (Wildman–Crippen LogP) is 6.44. The Bertz CT molecular complexity index is 1030. The number of nitrogens with zero attached hydrogens (tertiary/aromatic N) is 4. The number of hydrogen-bond donors (Lipinski definition) is 0. The Morgan fingerprint density at radius 2 is 1.75 bits per heavy atom. The molecule has 0 spiro atoms. The van der Waals surface area contributed by atoms with Crippen LogP contribution in [0.5, 0.6) is 0 Å². The van der Waals surface area contributed by atoms with Crippen molar-refractivity contribution in [3.8, 4) is 6.07 Å². The zero-order valence-electron chi connectivity index (χ0n) is 15.8. The molecule has 0 saturated heterocycles. The molecule has 4 nitrogen and oxygen atoms in total. The fourth-order valence-corrected chi connectivity index (χ4v) is 4.08. The van der Waals surface area contributed by atoms with Gasteiger partial charge in [-0.1, -0.05) is 17.7 Å². The Hall–Kier alpha value is -2.81. The number of aryl methyl sites for hydroxylation is 3. The number of rotatable bonds is 5. The highest BCUT2D eigenvalue weighted by Crippen LogP contribution is 2.40. The summed E-state index contributed by atoms with van der Waals surface area (Å²) in [4.78, 5) is 9.52. The van der Waals surface area contributed by atoms with Crippen LogP contribution in [0.1, 0.15) is 22.3 Å². The molecule has 3 aromatic rings. The first-order chi connectivity index (χ1) is 13.5. The zero-order valence-corrected chi connectivity index (χ0v) is 17.4. The summed E-state index contributed by atoms with van der Waals surface area (Å²) in [5.74, 6) is 0.706. The van der Waals surface area contributed by atoms with Crippen LogP contribution >= 0.6 is 23.5 Å². The van der Waals surface area contributed by atoms with E-state index in [1.54, 1.807) is 18.1 Å². The minimum Gasteiger partial charge on any atom is -0.263 e. The maximum absolute atomic E-state index is 8.79. The molecule has 0 unspecified atom stereocenters. The van der Waals surface area contributed by atoms with Crippen LogP contribution in [-0.4, -0.2) is 9.97 Å². The molecule has 1 aromatic heterocycles. The molecule has 0 N–H and O–H groups in total. The van der Waals surface area contributed by atoms with Crippen molar-refractivity contribution in [1.29, 1.82) is 5.26 Å². The quantitative estimate of drug-likeness (QED) is 0.277. The maximum Gasteiger partial charge on any atom is 0.224 e. The number of hydrogen-bond acceptors (Lipinski definition) is 5. The van der Waals surface area contributed by atoms with Crippen molar-refractivity contribution in [2.75, 3.05) is 4.31 Å². The van der Waals surface area contributed by atoms with Crippen molar-refractivity contribution in [3.05, 3.63) is 82.3 Å². The minimum absolute atomic E-state index is 0.205.